The molecule has 1 fully saturated rings. The predicted octanol–water partition coefficient (Wildman–Crippen LogP) is 3.35. The molecule has 1 aromatic heterocycles. The molecule has 0 aromatic carbocycles. The Morgan fingerprint density at radius 2 is 2.21 bits per heavy atom. The maximum absolute atomic E-state index is 12.0. The first-order valence-electron chi connectivity index (χ1n) is 7.23. The van der Waals surface area contributed by atoms with Crippen molar-refractivity contribution in [3.8, 4) is 0 Å². The second kappa shape index (κ2) is 6.06. The normalized spacial score (nSPS) is 22.8. The predicted molar refractivity (Wildman–Crippen MR) is 74.8 cm³/mol. The Hall–Kier alpha value is -0.870. The first-order chi connectivity index (χ1) is 9.33. The first-order valence-corrected chi connectivity index (χ1v) is 8.05. The Kier molecular flexibility index (Phi) is 4.18. The molecule has 19 heavy (non-hydrogen) atoms. The molecule has 1 aromatic rings. The van der Waals surface area contributed by atoms with Crippen LogP contribution in [0, 0.1) is 0 Å². The number of esters is 1. The lowest BCUT2D eigenvalue weighted by Gasteiger charge is -2.21. The van der Waals surface area contributed by atoms with Crippen molar-refractivity contribution in [2.45, 2.75) is 51.0 Å². The lowest BCUT2D eigenvalue weighted by atomic mass is 9.99. The number of thiophene rings is 1. The van der Waals surface area contributed by atoms with Gasteiger partial charge in [0.15, 0.2) is 0 Å². The summed E-state index contributed by atoms with van der Waals surface area (Å²) >= 11 is 1.61. The van der Waals surface area contributed by atoms with E-state index in [1.54, 1.807) is 11.3 Å². The molecule has 104 valence electrons. The van der Waals surface area contributed by atoms with Crippen LogP contribution in [-0.4, -0.2) is 25.3 Å². The summed E-state index contributed by atoms with van der Waals surface area (Å²) in [6.07, 6.45) is 8.15. The second-order valence-corrected chi connectivity index (χ2v) is 6.49. The van der Waals surface area contributed by atoms with Gasteiger partial charge in [-0.1, -0.05) is 0 Å². The van der Waals surface area contributed by atoms with E-state index in [9.17, 15) is 4.79 Å². The summed E-state index contributed by atoms with van der Waals surface area (Å²) < 4.78 is 11.0. The summed E-state index contributed by atoms with van der Waals surface area (Å²) in [5, 5.41) is 0. The summed E-state index contributed by atoms with van der Waals surface area (Å²) in [6.45, 7) is 1.21. The van der Waals surface area contributed by atoms with Crippen LogP contribution in [0.4, 0.5) is 0 Å². The quantitative estimate of drug-likeness (QED) is 0.796. The monoisotopic (exact) mass is 280 g/mol. The largest absolute Gasteiger partial charge is 0.459 e. The number of ether oxygens (including phenoxy) is 2. The fourth-order valence-corrected chi connectivity index (χ4v) is 3.92. The molecule has 0 bridgehead atoms. The number of rotatable bonds is 3. The van der Waals surface area contributed by atoms with Gasteiger partial charge in [-0.05, 0) is 56.6 Å². The average Bonchev–Trinajstić information content (AvgIpc) is 2.90. The summed E-state index contributed by atoms with van der Waals surface area (Å²) in [7, 11) is 0. The van der Waals surface area contributed by atoms with E-state index < -0.39 is 0 Å². The fraction of sp³-hybridized carbons (Fsp3) is 0.667. The minimum absolute atomic E-state index is 0.104. The van der Waals surface area contributed by atoms with Gasteiger partial charge in [0.2, 0.25) is 0 Å². The Labute approximate surface area is 117 Å². The lowest BCUT2D eigenvalue weighted by molar-refractivity contribution is -0.0298. The van der Waals surface area contributed by atoms with Gasteiger partial charge in [0.1, 0.15) is 11.5 Å². The Balaban J connectivity index is 1.56. The molecule has 0 N–H and O–H groups in total. The molecule has 0 amide bonds. The van der Waals surface area contributed by atoms with E-state index in [1.165, 1.54) is 29.7 Å². The highest BCUT2D eigenvalue weighted by Crippen LogP contribution is 2.30. The van der Waals surface area contributed by atoms with Crippen LogP contribution in [0.15, 0.2) is 6.07 Å². The SMILES string of the molecule is O=C(OCC1CCCCO1)c1cc2c(s1)CCCC2. The van der Waals surface area contributed by atoms with Gasteiger partial charge in [0, 0.05) is 11.5 Å². The minimum atomic E-state index is -0.173. The Morgan fingerprint density at radius 3 is 3.00 bits per heavy atom. The van der Waals surface area contributed by atoms with Gasteiger partial charge in [-0.25, -0.2) is 4.79 Å². The van der Waals surface area contributed by atoms with Crippen molar-refractivity contribution in [1.29, 1.82) is 0 Å². The maximum Gasteiger partial charge on any atom is 0.348 e. The van der Waals surface area contributed by atoms with Crippen molar-refractivity contribution in [2.24, 2.45) is 0 Å². The lowest BCUT2D eigenvalue weighted by Crippen LogP contribution is -2.25. The number of carbonyl (C=O) groups is 1. The molecule has 1 unspecified atom stereocenters. The van der Waals surface area contributed by atoms with Crippen molar-refractivity contribution in [3.63, 3.8) is 0 Å². The van der Waals surface area contributed by atoms with E-state index in [2.05, 4.69) is 0 Å². The standard InChI is InChI=1S/C15H20O3S/c16-15(18-10-12-6-3-4-8-17-12)14-9-11-5-1-2-7-13(11)19-14/h9,12H,1-8,10H2. The second-order valence-electron chi connectivity index (χ2n) is 5.35. The third kappa shape index (κ3) is 3.18. The van der Waals surface area contributed by atoms with Gasteiger partial charge in [-0.2, -0.15) is 0 Å². The summed E-state index contributed by atoms with van der Waals surface area (Å²) in [5.41, 5.74) is 1.36. The van der Waals surface area contributed by atoms with Crippen molar-refractivity contribution in [1.82, 2.24) is 0 Å². The van der Waals surface area contributed by atoms with Gasteiger partial charge in [-0.3, -0.25) is 0 Å². The molecule has 3 nitrogen and oxygen atoms in total. The van der Waals surface area contributed by atoms with E-state index in [0.717, 1.165) is 37.2 Å². The molecular formula is C15H20O3S. The molecule has 1 saturated heterocycles. The first kappa shape index (κ1) is 13.1. The molecule has 3 rings (SSSR count). The van der Waals surface area contributed by atoms with Gasteiger partial charge in [0.25, 0.3) is 0 Å². The topological polar surface area (TPSA) is 35.5 Å². The Morgan fingerprint density at radius 1 is 1.32 bits per heavy atom. The third-order valence-electron chi connectivity index (χ3n) is 3.87. The Bertz CT molecular complexity index is 423. The van der Waals surface area contributed by atoms with Crippen LogP contribution in [0.3, 0.4) is 0 Å². The zero-order valence-electron chi connectivity index (χ0n) is 11.2. The highest BCUT2D eigenvalue weighted by Gasteiger charge is 2.20. The van der Waals surface area contributed by atoms with Crippen LogP contribution in [0.2, 0.25) is 0 Å². The highest BCUT2D eigenvalue weighted by molar-refractivity contribution is 7.14. The molecule has 2 heterocycles. The molecule has 0 radical (unpaired) electrons. The van der Waals surface area contributed by atoms with Gasteiger partial charge >= 0.3 is 5.97 Å². The van der Waals surface area contributed by atoms with E-state index in [-0.39, 0.29) is 12.1 Å². The molecular weight excluding hydrogens is 260 g/mol. The number of fused-ring (bicyclic) bond motifs is 1. The average molecular weight is 280 g/mol. The van der Waals surface area contributed by atoms with Gasteiger partial charge < -0.3 is 9.47 Å². The molecule has 1 aliphatic heterocycles. The number of aryl methyl sites for hydroxylation is 2. The molecule has 0 spiro atoms. The smallest absolute Gasteiger partial charge is 0.348 e. The van der Waals surface area contributed by atoms with Crippen molar-refractivity contribution in [2.75, 3.05) is 13.2 Å². The minimum Gasteiger partial charge on any atom is -0.459 e. The van der Waals surface area contributed by atoms with Gasteiger partial charge in [-0.15, -0.1) is 11.3 Å². The summed E-state index contributed by atoms with van der Waals surface area (Å²) in [4.78, 5) is 14.2. The number of carbonyl (C=O) groups excluding carboxylic acids is 1. The van der Waals surface area contributed by atoms with Crippen LogP contribution in [0.1, 0.15) is 52.2 Å². The van der Waals surface area contributed by atoms with Crippen LogP contribution >= 0.6 is 11.3 Å². The van der Waals surface area contributed by atoms with Gasteiger partial charge in [0.05, 0.1) is 6.10 Å². The molecule has 2 aliphatic rings. The molecule has 0 saturated carbocycles. The van der Waals surface area contributed by atoms with E-state index in [4.69, 9.17) is 9.47 Å². The van der Waals surface area contributed by atoms with Crippen molar-refractivity contribution >= 4 is 17.3 Å². The van der Waals surface area contributed by atoms with Crippen LogP contribution < -0.4 is 0 Å². The van der Waals surface area contributed by atoms with Crippen LogP contribution in [-0.2, 0) is 22.3 Å². The summed E-state index contributed by atoms with van der Waals surface area (Å²) in [5.74, 6) is -0.173. The fourth-order valence-electron chi connectivity index (χ4n) is 2.77. The maximum atomic E-state index is 12.0. The van der Waals surface area contributed by atoms with E-state index in [0.29, 0.717) is 6.61 Å². The van der Waals surface area contributed by atoms with E-state index in [1.807, 2.05) is 6.07 Å². The third-order valence-corrected chi connectivity index (χ3v) is 5.09. The van der Waals surface area contributed by atoms with Crippen molar-refractivity contribution < 1.29 is 14.3 Å². The molecule has 1 aliphatic carbocycles. The molecule has 1 atom stereocenters. The van der Waals surface area contributed by atoms with E-state index >= 15 is 0 Å². The summed E-state index contributed by atoms with van der Waals surface area (Å²) in [6, 6.07) is 2.03. The zero-order chi connectivity index (χ0) is 13.1. The molecule has 4 heteroatoms. The van der Waals surface area contributed by atoms with Crippen LogP contribution in [0.5, 0.6) is 0 Å². The number of hydrogen-bond donors (Lipinski definition) is 0. The highest BCUT2D eigenvalue weighted by atomic mass is 32.1. The zero-order valence-corrected chi connectivity index (χ0v) is 12.0. The van der Waals surface area contributed by atoms with Crippen molar-refractivity contribution in [3.05, 3.63) is 21.4 Å². The van der Waals surface area contributed by atoms with Crippen LogP contribution in [0.25, 0.3) is 0 Å². The number of hydrogen-bond acceptors (Lipinski definition) is 4.